The predicted molar refractivity (Wildman–Crippen MR) is 66.4 cm³/mol. The predicted octanol–water partition coefficient (Wildman–Crippen LogP) is 1.63. The maximum atomic E-state index is 11.0. The molecule has 86 valence electrons. The van der Waals surface area contributed by atoms with E-state index in [0.717, 1.165) is 16.8 Å². The Labute approximate surface area is 99.3 Å². The van der Waals surface area contributed by atoms with Gasteiger partial charge in [-0.3, -0.25) is 4.79 Å². The number of halogens is 1. The summed E-state index contributed by atoms with van der Waals surface area (Å²) in [5.74, 6) is 0.0722. The second kappa shape index (κ2) is 4.99. The largest absolute Gasteiger partial charge is 0.386 e. The molecule has 4 nitrogen and oxygen atoms in total. The average molecular weight is 240 g/mol. The molecule has 5 heteroatoms. The molecule has 16 heavy (non-hydrogen) atoms. The van der Waals surface area contributed by atoms with E-state index < -0.39 is 5.91 Å². The fraction of sp³-hybridized carbons (Fsp3) is 0.273. The molecule has 0 heterocycles. The second-order valence-electron chi connectivity index (χ2n) is 3.56. The number of nitrogens with zero attached hydrogens (tertiary/aromatic N) is 1. The molecule has 1 rings (SSSR count). The molecule has 0 aliphatic rings. The van der Waals surface area contributed by atoms with Crippen molar-refractivity contribution in [3.05, 3.63) is 28.8 Å². The van der Waals surface area contributed by atoms with E-state index in [1.807, 2.05) is 13.8 Å². The van der Waals surface area contributed by atoms with Crippen LogP contribution in [0.25, 0.3) is 0 Å². The number of hydrogen-bond donors (Lipinski definition) is 2. The van der Waals surface area contributed by atoms with E-state index in [4.69, 9.17) is 23.1 Å². The van der Waals surface area contributed by atoms with E-state index in [1.165, 1.54) is 0 Å². The smallest absolute Gasteiger partial charge is 0.248 e. The number of nitrogens with two attached hydrogens (primary N) is 2. The van der Waals surface area contributed by atoms with E-state index in [-0.39, 0.29) is 5.88 Å². The Balaban J connectivity index is 3.28. The molecule has 4 N–H and O–H groups in total. The van der Waals surface area contributed by atoms with Crippen LogP contribution in [-0.4, -0.2) is 17.6 Å². The lowest BCUT2D eigenvalue weighted by atomic mass is 10.0. The Morgan fingerprint density at radius 3 is 2.19 bits per heavy atom. The zero-order valence-electron chi connectivity index (χ0n) is 9.25. The molecule has 0 fully saturated rings. The Kier molecular flexibility index (Phi) is 3.90. The molecule has 0 aliphatic heterocycles. The van der Waals surface area contributed by atoms with Gasteiger partial charge in [0.25, 0.3) is 0 Å². The van der Waals surface area contributed by atoms with Crippen molar-refractivity contribution in [1.82, 2.24) is 0 Å². The monoisotopic (exact) mass is 239 g/mol. The number of benzene rings is 1. The van der Waals surface area contributed by atoms with Gasteiger partial charge in [-0.05, 0) is 37.1 Å². The van der Waals surface area contributed by atoms with Gasteiger partial charge in [-0.25, -0.2) is 4.99 Å². The summed E-state index contributed by atoms with van der Waals surface area (Å²) in [5, 5.41) is 0. The molecule has 0 aliphatic carbocycles. The van der Waals surface area contributed by atoms with E-state index in [9.17, 15) is 4.79 Å². The molecular weight excluding hydrogens is 226 g/mol. The first-order valence-corrected chi connectivity index (χ1v) is 5.29. The van der Waals surface area contributed by atoms with Crippen LogP contribution in [-0.2, 0) is 0 Å². The van der Waals surface area contributed by atoms with Crippen molar-refractivity contribution in [3.8, 4) is 0 Å². The van der Waals surface area contributed by atoms with Crippen molar-refractivity contribution in [3.63, 3.8) is 0 Å². The van der Waals surface area contributed by atoms with Gasteiger partial charge in [0.1, 0.15) is 5.84 Å². The molecule has 0 aromatic heterocycles. The summed E-state index contributed by atoms with van der Waals surface area (Å²) in [6.45, 7) is 3.69. The van der Waals surface area contributed by atoms with Crippen LogP contribution in [0.2, 0.25) is 0 Å². The Morgan fingerprint density at radius 2 is 1.81 bits per heavy atom. The fourth-order valence-electron chi connectivity index (χ4n) is 1.45. The van der Waals surface area contributed by atoms with Gasteiger partial charge in [0.15, 0.2) is 0 Å². The van der Waals surface area contributed by atoms with Gasteiger partial charge >= 0.3 is 0 Å². The number of amidine groups is 1. The zero-order valence-corrected chi connectivity index (χ0v) is 10.0. The van der Waals surface area contributed by atoms with Crippen LogP contribution < -0.4 is 11.5 Å². The van der Waals surface area contributed by atoms with Gasteiger partial charge in [-0.2, -0.15) is 0 Å². The maximum absolute atomic E-state index is 11.0. The lowest BCUT2D eigenvalue weighted by Crippen LogP contribution is -2.13. The van der Waals surface area contributed by atoms with Crippen molar-refractivity contribution in [2.75, 3.05) is 5.88 Å². The number of amides is 1. The molecule has 0 bridgehead atoms. The number of rotatable bonds is 3. The Hall–Kier alpha value is -1.55. The molecule has 1 amide bonds. The molecule has 0 saturated carbocycles. The van der Waals surface area contributed by atoms with Crippen LogP contribution in [0.4, 0.5) is 5.69 Å². The highest BCUT2D eigenvalue weighted by Crippen LogP contribution is 2.25. The number of aliphatic imine (C=N–C) groups is 1. The van der Waals surface area contributed by atoms with Gasteiger partial charge < -0.3 is 11.5 Å². The number of carbonyl (C=O) groups excluding carboxylic acids is 1. The maximum Gasteiger partial charge on any atom is 0.248 e. The van der Waals surface area contributed by atoms with Crippen LogP contribution in [0.15, 0.2) is 17.1 Å². The number of hydrogen-bond acceptors (Lipinski definition) is 2. The van der Waals surface area contributed by atoms with Crippen LogP contribution in [0.3, 0.4) is 0 Å². The SMILES string of the molecule is Cc1cc(C(N)=O)cc(C)c1N=C(N)CCl. The number of carbonyl (C=O) groups is 1. The normalized spacial score (nSPS) is 11.6. The van der Waals surface area contributed by atoms with E-state index in [0.29, 0.717) is 11.4 Å². The minimum atomic E-state index is -0.452. The van der Waals surface area contributed by atoms with Gasteiger partial charge in [-0.15, -0.1) is 11.6 Å². The molecule has 1 aromatic carbocycles. The van der Waals surface area contributed by atoms with Gasteiger partial charge in [0.05, 0.1) is 11.6 Å². The fourth-order valence-corrected chi connectivity index (χ4v) is 1.51. The molecule has 0 atom stereocenters. The highest BCUT2D eigenvalue weighted by atomic mass is 35.5. The summed E-state index contributed by atoms with van der Waals surface area (Å²) in [6, 6.07) is 3.38. The standard InChI is InChI=1S/C11H14ClN3O/c1-6-3-8(11(14)16)4-7(2)10(6)15-9(13)5-12/h3-4H,5H2,1-2H3,(H2,13,15)(H2,14,16). The lowest BCUT2D eigenvalue weighted by molar-refractivity contribution is 0.1000. The zero-order chi connectivity index (χ0) is 12.3. The van der Waals surface area contributed by atoms with Gasteiger partial charge in [-0.1, -0.05) is 0 Å². The molecule has 0 radical (unpaired) electrons. The number of primary amides is 1. The van der Waals surface area contributed by atoms with Crippen molar-refractivity contribution in [2.24, 2.45) is 16.5 Å². The quantitative estimate of drug-likeness (QED) is 0.478. The van der Waals surface area contributed by atoms with Crippen LogP contribution in [0.1, 0.15) is 21.5 Å². The van der Waals surface area contributed by atoms with Crippen molar-refractivity contribution < 1.29 is 4.79 Å². The van der Waals surface area contributed by atoms with Crippen molar-refractivity contribution in [2.45, 2.75) is 13.8 Å². The Morgan fingerprint density at radius 1 is 1.31 bits per heavy atom. The number of alkyl halides is 1. The average Bonchev–Trinajstić information content (AvgIpc) is 2.22. The third-order valence-corrected chi connectivity index (χ3v) is 2.44. The van der Waals surface area contributed by atoms with Crippen molar-refractivity contribution in [1.29, 1.82) is 0 Å². The van der Waals surface area contributed by atoms with Crippen LogP contribution in [0, 0.1) is 13.8 Å². The molecular formula is C11H14ClN3O. The van der Waals surface area contributed by atoms with Crippen LogP contribution >= 0.6 is 11.6 Å². The van der Waals surface area contributed by atoms with Crippen LogP contribution in [0.5, 0.6) is 0 Å². The minimum Gasteiger partial charge on any atom is -0.386 e. The van der Waals surface area contributed by atoms with Gasteiger partial charge in [0, 0.05) is 5.56 Å². The van der Waals surface area contributed by atoms with E-state index >= 15 is 0 Å². The first kappa shape index (κ1) is 12.5. The highest BCUT2D eigenvalue weighted by Gasteiger charge is 2.08. The van der Waals surface area contributed by atoms with Crippen molar-refractivity contribution >= 4 is 29.0 Å². The summed E-state index contributed by atoms with van der Waals surface area (Å²) in [7, 11) is 0. The minimum absolute atomic E-state index is 0.177. The van der Waals surface area contributed by atoms with E-state index in [1.54, 1.807) is 12.1 Å². The highest BCUT2D eigenvalue weighted by molar-refractivity contribution is 6.28. The summed E-state index contributed by atoms with van der Waals surface area (Å²) in [4.78, 5) is 15.2. The lowest BCUT2D eigenvalue weighted by Gasteiger charge is -2.07. The third kappa shape index (κ3) is 2.73. The summed E-state index contributed by atoms with van der Waals surface area (Å²) in [5.41, 5.74) is 13.7. The second-order valence-corrected chi connectivity index (χ2v) is 3.83. The third-order valence-electron chi connectivity index (χ3n) is 2.17. The molecule has 0 saturated heterocycles. The first-order valence-electron chi connectivity index (χ1n) is 4.75. The topological polar surface area (TPSA) is 81.5 Å². The molecule has 0 spiro atoms. The number of aryl methyl sites for hydroxylation is 2. The first-order chi connectivity index (χ1) is 7.45. The summed E-state index contributed by atoms with van der Waals surface area (Å²) in [6.07, 6.45) is 0. The summed E-state index contributed by atoms with van der Waals surface area (Å²) < 4.78 is 0. The van der Waals surface area contributed by atoms with Gasteiger partial charge in [0.2, 0.25) is 5.91 Å². The Bertz CT molecular complexity index is 432. The molecule has 1 aromatic rings. The summed E-state index contributed by atoms with van der Waals surface area (Å²) >= 11 is 5.56. The molecule has 0 unspecified atom stereocenters. The van der Waals surface area contributed by atoms with E-state index in [2.05, 4.69) is 4.99 Å².